The first-order chi connectivity index (χ1) is 15.3. The molecule has 1 saturated heterocycles. The predicted molar refractivity (Wildman–Crippen MR) is 120 cm³/mol. The zero-order valence-corrected chi connectivity index (χ0v) is 18.5. The minimum Gasteiger partial charge on any atom is -0.354 e. The van der Waals surface area contributed by atoms with Crippen LogP contribution in [0.1, 0.15) is 17.8 Å². The molecule has 2 aromatic heterocycles. The van der Waals surface area contributed by atoms with Crippen LogP contribution in [0.5, 0.6) is 0 Å². The number of rotatable bonds is 6. The smallest absolute Gasteiger partial charge is 0.266 e. The Kier molecular flexibility index (Phi) is 6.09. The number of hydrogen-bond donors (Lipinski definition) is 1. The highest BCUT2D eigenvalue weighted by Crippen LogP contribution is 2.26. The Morgan fingerprint density at radius 2 is 1.88 bits per heavy atom. The molecular formula is C22H23ClN6O3. The second-order valence-corrected chi connectivity index (χ2v) is 8.20. The van der Waals surface area contributed by atoms with E-state index in [9.17, 15) is 14.4 Å². The van der Waals surface area contributed by atoms with Crippen LogP contribution in [-0.4, -0.2) is 44.5 Å². The molecule has 0 spiro atoms. The van der Waals surface area contributed by atoms with Gasteiger partial charge in [-0.1, -0.05) is 11.6 Å². The van der Waals surface area contributed by atoms with Crippen molar-refractivity contribution in [3.8, 4) is 5.82 Å². The van der Waals surface area contributed by atoms with E-state index in [0.29, 0.717) is 23.1 Å². The molecule has 0 radical (unpaired) electrons. The summed E-state index contributed by atoms with van der Waals surface area (Å²) < 4.78 is 2.96. The van der Waals surface area contributed by atoms with Gasteiger partial charge in [0, 0.05) is 42.0 Å². The second kappa shape index (κ2) is 8.96. The average molecular weight is 455 g/mol. The number of halogens is 1. The van der Waals surface area contributed by atoms with E-state index in [-0.39, 0.29) is 36.9 Å². The minimum atomic E-state index is -0.455. The molecule has 1 N–H and O–H groups in total. The summed E-state index contributed by atoms with van der Waals surface area (Å²) in [4.78, 5) is 38.7. The average Bonchev–Trinajstić information content (AvgIpc) is 3.31. The Labute approximate surface area is 189 Å². The molecule has 3 heterocycles. The zero-order chi connectivity index (χ0) is 22.8. The van der Waals surface area contributed by atoms with Crippen LogP contribution in [0, 0.1) is 19.8 Å². The maximum Gasteiger partial charge on any atom is 0.266 e. The van der Waals surface area contributed by atoms with Crippen molar-refractivity contribution < 1.29 is 9.59 Å². The van der Waals surface area contributed by atoms with Gasteiger partial charge >= 0.3 is 0 Å². The van der Waals surface area contributed by atoms with Gasteiger partial charge < -0.3 is 10.2 Å². The van der Waals surface area contributed by atoms with Gasteiger partial charge in [0.05, 0.1) is 18.2 Å². The van der Waals surface area contributed by atoms with Crippen LogP contribution in [0.2, 0.25) is 5.02 Å². The van der Waals surface area contributed by atoms with E-state index in [1.807, 2.05) is 19.9 Å². The van der Waals surface area contributed by atoms with E-state index >= 15 is 0 Å². The Morgan fingerprint density at radius 3 is 2.56 bits per heavy atom. The molecule has 2 amide bonds. The van der Waals surface area contributed by atoms with Gasteiger partial charge in [0.15, 0.2) is 5.82 Å². The van der Waals surface area contributed by atoms with Crippen LogP contribution in [0.3, 0.4) is 0 Å². The molecule has 1 aliphatic heterocycles. The second-order valence-electron chi connectivity index (χ2n) is 7.76. The number of aryl methyl sites for hydroxylation is 2. The molecule has 32 heavy (non-hydrogen) atoms. The number of nitrogens with one attached hydrogen (secondary N) is 1. The molecule has 0 aliphatic carbocycles. The molecule has 1 fully saturated rings. The highest BCUT2D eigenvalue weighted by Gasteiger charge is 2.34. The number of carbonyl (C=O) groups excluding carboxylic acids is 2. The van der Waals surface area contributed by atoms with Crippen molar-refractivity contribution in [1.82, 2.24) is 24.9 Å². The summed E-state index contributed by atoms with van der Waals surface area (Å²) in [6, 6.07) is 11.9. The number of amides is 2. The summed E-state index contributed by atoms with van der Waals surface area (Å²) in [5.74, 6) is -0.258. The quantitative estimate of drug-likeness (QED) is 0.612. The van der Waals surface area contributed by atoms with Crippen molar-refractivity contribution in [2.45, 2.75) is 26.8 Å². The van der Waals surface area contributed by atoms with E-state index in [1.54, 1.807) is 39.9 Å². The SMILES string of the molecule is Cc1cc(C)n(-c2ccc(=O)n(CCNC(=O)C3CC(=O)N(c4ccc(Cl)cc4)C3)n2)n1. The summed E-state index contributed by atoms with van der Waals surface area (Å²) in [6.07, 6.45) is 0.139. The Hall–Kier alpha value is -3.46. The van der Waals surface area contributed by atoms with Crippen molar-refractivity contribution in [3.63, 3.8) is 0 Å². The standard InChI is InChI=1S/C22H23ClN6O3/c1-14-11-15(2)29(25-14)19-7-8-20(30)28(26-19)10-9-24-22(32)16-12-21(31)27(13-16)18-5-3-17(23)4-6-18/h3-8,11,16H,9-10,12-13H2,1-2H3,(H,24,32). The number of benzene rings is 1. The van der Waals surface area contributed by atoms with E-state index < -0.39 is 5.92 Å². The third-order valence-electron chi connectivity index (χ3n) is 5.34. The minimum absolute atomic E-state index is 0.108. The lowest BCUT2D eigenvalue weighted by Crippen LogP contribution is -2.36. The number of nitrogens with zero attached hydrogens (tertiary/aromatic N) is 5. The summed E-state index contributed by atoms with van der Waals surface area (Å²) in [6.45, 7) is 4.53. The Bertz CT molecular complexity index is 1220. The summed E-state index contributed by atoms with van der Waals surface area (Å²) in [7, 11) is 0. The maximum atomic E-state index is 12.6. The molecule has 1 aromatic carbocycles. The highest BCUT2D eigenvalue weighted by molar-refractivity contribution is 6.30. The van der Waals surface area contributed by atoms with Gasteiger partial charge in [-0.3, -0.25) is 14.4 Å². The van der Waals surface area contributed by atoms with Gasteiger partial charge in [0.25, 0.3) is 5.56 Å². The molecule has 10 heteroatoms. The van der Waals surface area contributed by atoms with Crippen LogP contribution in [0.15, 0.2) is 47.3 Å². The van der Waals surface area contributed by atoms with Crippen molar-refractivity contribution in [2.24, 2.45) is 5.92 Å². The largest absolute Gasteiger partial charge is 0.354 e. The molecular weight excluding hydrogens is 432 g/mol. The molecule has 1 atom stereocenters. The first kappa shape index (κ1) is 21.8. The first-order valence-electron chi connectivity index (χ1n) is 10.3. The first-order valence-corrected chi connectivity index (χ1v) is 10.6. The number of hydrogen-bond acceptors (Lipinski definition) is 5. The summed E-state index contributed by atoms with van der Waals surface area (Å²) >= 11 is 5.90. The lowest BCUT2D eigenvalue weighted by molar-refractivity contribution is -0.126. The monoisotopic (exact) mass is 454 g/mol. The molecule has 0 saturated carbocycles. The fourth-order valence-electron chi connectivity index (χ4n) is 3.76. The van der Waals surface area contributed by atoms with Crippen LogP contribution in [0.4, 0.5) is 5.69 Å². The van der Waals surface area contributed by atoms with Crippen LogP contribution in [0.25, 0.3) is 5.82 Å². The van der Waals surface area contributed by atoms with Gasteiger partial charge in [0.2, 0.25) is 11.8 Å². The topological polar surface area (TPSA) is 102 Å². The number of carbonyl (C=O) groups is 2. The van der Waals surface area contributed by atoms with Crippen molar-refractivity contribution in [1.29, 1.82) is 0 Å². The van der Waals surface area contributed by atoms with Crippen LogP contribution < -0.4 is 15.8 Å². The van der Waals surface area contributed by atoms with Crippen molar-refractivity contribution in [3.05, 3.63) is 69.2 Å². The van der Waals surface area contributed by atoms with Gasteiger partial charge in [0.1, 0.15) is 0 Å². The Morgan fingerprint density at radius 1 is 1.12 bits per heavy atom. The van der Waals surface area contributed by atoms with Crippen molar-refractivity contribution in [2.75, 3.05) is 18.0 Å². The number of aromatic nitrogens is 4. The van der Waals surface area contributed by atoms with E-state index in [4.69, 9.17) is 11.6 Å². The molecule has 4 rings (SSSR count). The van der Waals surface area contributed by atoms with Gasteiger partial charge in [-0.2, -0.15) is 5.10 Å². The van der Waals surface area contributed by atoms with Crippen molar-refractivity contribution >= 4 is 29.1 Å². The third kappa shape index (κ3) is 4.57. The van der Waals surface area contributed by atoms with Crippen LogP contribution in [-0.2, 0) is 16.1 Å². The fraction of sp³-hybridized carbons (Fsp3) is 0.318. The van der Waals surface area contributed by atoms with E-state index in [0.717, 1.165) is 11.4 Å². The lowest BCUT2D eigenvalue weighted by Gasteiger charge is -2.17. The molecule has 1 unspecified atom stereocenters. The molecule has 3 aromatic rings. The predicted octanol–water partition coefficient (Wildman–Crippen LogP) is 1.87. The van der Waals surface area contributed by atoms with Gasteiger partial charge in [-0.05, 0) is 50.2 Å². The Balaban J connectivity index is 1.36. The molecule has 0 bridgehead atoms. The lowest BCUT2D eigenvalue weighted by atomic mass is 10.1. The molecule has 166 valence electrons. The highest BCUT2D eigenvalue weighted by atomic mass is 35.5. The van der Waals surface area contributed by atoms with E-state index in [2.05, 4.69) is 15.5 Å². The van der Waals surface area contributed by atoms with Gasteiger partial charge in [-0.15, -0.1) is 5.10 Å². The summed E-state index contributed by atoms with van der Waals surface area (Å²) in [5, 5.41) is 12.1. The fourth-order valence-corrected chi connectivity index (χ4v) is 3.88. The normalized spacial score (nSPS) is 15.9. The zero-order valence-electron chi connectivity index (χ0n) is 17.8. The molecule has 9 nitrogen and oxygen atoms in total. The molecule has 1 aliphatic rings. The number of anilines is 1. The van der Waals surface area contributed by atoms with Gasteiger partial charge in [-0.25, -0.2) is 9.36 Å². The summed E-state index contributed by atoms with van der Waals surface area (Å²) in [5.41, 5.74) is 2.21. The van der Waals surface area contributed by atoms with Crippen LogP contribution >= 0.6 is 11.6 Å². The maximum absolute atomic E-state index is 12.6. The third-order valence-corrected chi connectivity index (χ3v) is 5.59. The van der Waals surface area contributed by atoms with E-state index in [1.165, 1.54) is 10.7 Å².